The third-order valence-corrected chi connectivity index (χ3v) is 4.13. The van der Waals surface area contributed by atoms with Gasteiger partial charge in [0.25, 0.3) is 0 Å². The van der Waals surface area contributed by atoms with Crippen molar-refractivity contribution in [1.29, 1.82) is 0 Å². The van der Waals surface area contributed by atoms with Crippen LogP contribution in [0.3, 0.4) is 0 Å². The first kappa shape index (κ1) is 14.0. The minimum Gasteiger partial charge on any atom is -0.378 e. The number of hydrogen-bond acceptors (Lipinski definition) is 4. The van der Waals surface area contributed by atoms with Crippen LogP contribution in [0.1, 0.15) is 13.3 Å². The maximum absolute atomic E-state index is 12.1. The molecule has 1 fully saturated rings. The van der Waals surface area contributed by atoms with Crippen LogP contribution >= 0.6 is 0 Å². The molecule has 7 heteroatoms. The van der Waals surface area contributed by atoms with Crippen molar-refractivity contribution in [3.05, 3.63) is 24.3 Å². The average Bonchev–Trinajstić information content (AvgIpc) is 2.75. The maximum atomic E-state index is 12.1. The predicted molar refractivity (Wildman–Crippen MR) is 70.0 cm³/mol. The number of nitrogens with one attached hydrogen (secondary N) is 1. The van der Waals surface area contributed by atoms with Crippen LogP contribution in [-0.4, -0.2) is 27.0 Å². The molecule has 1 aromatic rings. The van der Waals surface area contributed by atoms with E-state index in [1.54, 1.807) is 12.1 Å². The molecule has 0 aromatic heterocycles. The van der Waals surface area contributed by atoms with Gasteiger partial charge in [0.2, 0.25) is 15.9 Å². The summed E-state index contributed by atoms with van der Waals surface area (Å²) in [7, 11) is -3.86. The van der Waals surface area contributed by atoms with Gasteiger partial charge in [-0.2, -0.15) is 0 Å². The lowest BCUT2D eigenvalue weighted by Gasteiger charge is -2.15. The Morgan fingerprint density at radius 2 is 2.11 bits per heavy atom. The fourth-order valence-electron chi connectivity index (χ4n) is 2.12. The van der Waals surface area contributed by atoms with Crippen molar-refractivity contribution < 1.29 is 17.9 Å². The molecular weight excluding hydrogens is 268 g/mol. The summed E-state index contributed by atoms with van der Waals surface area (Å²) < 4.78 is 28.2. The second-order valence-electron chi connectivity index (χ2n) is 4.50. The highest BCUT2D eigenvalue weighted by Gasteiger charge is 2.31. The fourth-order valence-corrected chi connectivity index (χ4v) is 2.81. The predicted octanol–water partition coefficient (Wildman–Crippen LogP) is 0.698. The highest BCUT2D eigenvalue weighted by Crippen LogP contribution is 2.24. The smallest absolute Gasteiger partial charge is 0.240 e. The molecule has 1 aromatic carbocycles. The Labute approximate surface area is 112 Å². The zero-order valence-corrected chi connectivity index (χ0v) is 11.3. The van der Waals surface area contributed by atoms with Gasteiger partial charge in [-0.05, 0) is 25.5 Å². The molecule has 1 saturated heterocycles. The molecule has 0 spiro atoms. The first-order chi connectivity index (χ1) is 8.89. The number of benzene rings is 1. The van der Waals surface area contributed by atoms with Crippen LogP contribution in [-0.2, 0) is 19.6 Å². The minimum atomic E-state index is -3.86. The van der Waals surface area contributed by atoms with Crippen LogP contribution in [0, 0.1) is 5.92 Å². The van der Waals surface area contributed by atoms with Crippen LogP contribution in [0.5, 0.6) is 0 Å². The average molecular weight is 284 g/mol. The van der Waals surface area contributed by atoms with Gasteiger partial charge in [0, 0.05) is 6.61 Å². The number of nitrogens with two attached hydrogens (primary N) is 1. The maximum Gasteiger partial charge on any atom is 0.240 e. The van der Waals surface area contributed by atoms with E-state index in [4.69, 9.17) is 9.88 Å². The lowest BCUT2D eigenvalue weighted by atomic mass is 10.0. The van der Waals surface area contributed by atoms with Gasteiger partial charge >= 0.3 is 0 Å². The number of amides is 1. The van der Waals surface area contributed by atoms with Crippen molar-refractivity contribution in [2.45, 2.75) is 24.3 Å². The van der Waals surface area contributed by atoms with Gasteiger partial charge in [0.15, 0.2) is 0 Å². The number of sulfonamides is 1. The second-order valence-corrected chi connectivity index (χ2v) is 6.03. The quantitative estimate of drug-likeness (QED) is 0.853. The van der Waals surface area contributed by atoms with Gasteiger partial charge < -0.3 is 10.1 Å². The van der Waals surface area contributed by atoms with E-state index in [0.29, 0.717) is 13.0 Å². The van der Waals surface area contributed by atoms with E-state index in [-0.39, 0.29) is 28.5 Å². The molecule has 2 unspecified atom stereocenters. The van der Waals surface area contributed by atoms with E-state index >= 15 is 0 Å². The van der Waals surface area contributed by atoms with Crippen LogP contribution in [0.25, 0.3) is 0 Å². The highest BCUT2D eigenvalue weighted by molar-refractivity contribution is 7.89. The molecule has 2 atom stereocenters. The summed E-state index contributed by atoms with van der Waals surface area (Å²) in [6.45, 7) is 2.36. The Kier molecular flexibility index (Phi) is 3.88. The molecule has 1 amide bonds. The molecule has 104 valence electrons. The molecule has 0 bridgehead atoms. The van der Waals surface area contributed by atoms with Gasteiger partial charge in [-0.15, -0.1) is 0 Å². The van der Waals surface area contributed by atoms with Crippen molar-refractivity contribution in [1.82, 2.24) is 0 Å². The van der Waals surface area contributed by atoms with Gasteiger partial charge in [-0.25, -0.2) is 13.6 Å². The summed E-state index contributed by atoms with van der Waals surface area (Å²) in [5, 5.41) is 7.72. The molecule has 1 aliphatic rings. The zero-order valence-electron chi connectivity index (χ0n) is 10.5. The summed E-state index contributed by atoms with van der Waals surface area (Å²) >= 11 is 0. The number of carbonyl (C=O) groups excluding carboxylic acids is 1. The fraction of sp³-hybridized carbons (Fsp3) is 0.417. The number of carbonyl (C=O) groups is 1. The van der Waals surface area contributed by atoms with Crippen molar-refractivity contribution in [2.24, 2.45) is 11.1 Å². The summed E-state index contributed by atoms with van der Waals surface area (Å²) in [6.07, 6.45) is 0.464. The first-order valence-electron chi connectivity index (χ1n) is 5.94. The number of primary sulfonamides is 1. The monoisotopic (exact) mass is 284 g/mol. The Hall–Kier alpha value is -1.44. The lowest BCUT2D eigenvalue weighted by molar-refractivity contribution is -0.121. The number of para-hydroxylation sites is 1. The van der Waals surface area contributed by atoms with Crippen LogP contribution in [0.15, 0.2) is 29.2 Å². The third kappa shape index (κ3) is 3.12. The summed E-state index contributed by atoms with van der Waals surface area (Å²) in [5.74, 6) is -0.519. The van der Waals surface area contributed by atoms with Crippen molar-refractivity contribution in [3.63, 3.8) is 0 Å². The summed E-state index contributed by atoms with van der Waals surface area (Å²) in [4.78, 5) is 12.0. The molecule has 0 radical (unpaired) electrons. The van der Waals surface area contributed by atoms with E-state index < -0.39 is 10.0 Å². The van der Waals surface area contributed by atoms with Crippen molar-refractivity contribution in [3.8, 4) is 0 Å². The first-order valence-corrected chi connectivity index (χ1v) is 7.48. The Morgan fingerprint density at radius 1 is 1.42 bits per heavy atom. The van der Waals surface area contributed by atoms with Crippen LogP contribution in [0.4, 0.5) is 5.69 Å². The molecule has 19 heavy (non-hydrogen) atoms. The lowest BCUT2D eigenvalue weighted by Crippen LogP contribution is -2.28. The topological polar surface area (TPSA) is 98.5 Å². The van der Waals surface area contributed by atoms with Crippen molar-refractivity contribution >= 4 is 21.6 Å². The number of ether oxygens (including phenoxy) is 1. The van der Waals surface area contributed by atoms with Gasteiger partial charge in [-0.1, -0.05) is 12.1 Å². The Morgan fingerprint density at radius 3 is 2.68 bits per heavy atom. The highest BCUT2D eigenvalue weighted by atomic mass is 32.2. The van der Waals surface area contributed by atoms with Gasteiger partial charge in [0.1, 0.15) is 4.90 Å². The standard InChI is InChI=1S/C12H16N2O4S/c1-8-9(6-7-18-8)12(15)14-10-4-2-3-5-11(10)19(13,16)17/h2-5,8-9H,6-7H2,1H3,(H,14,15)(H2,13,16,17). The molecule has 1 aliphatic heterocycles. The summed E-state index contributed by atoms with van der Waals surface area (Å²) in [5.41, 5.74) is 0.203. The van der Waals surface area contributed by atoms with E-state index in [1.165, 1.54) is 12.1 Å². The Balaban J connectivity index is 2.22. The second kappa shape index (κ2) is 5.28. The van der Waals surface area contributed by atoms with Crippen LogP contribution < -0.4 is 10.5 Å². The van der Waals surface area contributed by atoms with E-state index in [2.05, 4.69) is 5.32 Å². The minimum absolute atomic E-state index is 0.0880. The zero-order chi connectivity index (χ0) is 14.0. The largest absolute Gasteiger partial charge is 0.378 e. The third-order valence-electron chi connectivity index (χ3n) is 3.16. The molecule has 0 saturated carbocycles. The van der Waals surface area contributed by atoms with E-state index in [0.717, 1.165) is 0 Å². The normalized spacial score (nSPS) is 23.3. The summed E-state index contributed by atoms with van der Waals surface area (Å²) in [6, 6.07) is 6.06. The van der Waals surface area contributed by atoms with E-state index in [1.807, 2.05) is 6.92 Å². The number of rotatable bonds is 3. The number of anilines is 1. The van der Waals surface area contributed by atoms with Gasteiger partial charge in [-0.3, -0.25) is 4.79 Å². The van der Waals surface area contributed by atoms with Gasteiger partial charge in [0.05, 0.1) is 17.7 Å². The molecule has 0 aliphatic carbocycles. The molecule has 1 heterocycles. The van der Waals surface area contributed by atoms with Crippen molar-refractivity contribution in [2.75, 3.05) is 11.9 Å². The molecular formula is C12H16N2O4S. The SMILES string of the molecule is CC1OCCC1C(=O)Nc1ccccc1S(N)(=O)=O. The molecule has 3 N–H and O–H groups in total. The molecule has 6 nitrogen and oxygen atoms in total. The molecule has 2 rings (SSSR count). The van der Waals surface area contributed by atoms with E-state index in [9.17, 15) is 13.2 Å². The Bertz CT molecular complexity index is 585. The number of hydrogen-bond donors (Lipinski definition) is 2. The van der Waals surface area contributed by atoms with Crippen LogP contribution in [0.2, 0.25) is 0 Å².